The lowest BCUT2D eigenvalue weighted by molar-refractivity contribution is -0.145. The maximum Gasteiger partial charge on any atom is 0.326 e. The number of hydrogen-bond donors (Lipinski definition) is 5. The van der Waals surface area contributed by atoms with Crippen molar-refractivity contribution in [1.82, 2.24) is 15.5 Å². The third-order valence-corrected chi connectivity index (χ3v) is 5.24. The van der Waals surface area contributed by atoms with Crippen LogP contribution >= 0.6 is 0 Å². The number of rotatable bonds is 12. The van der Waals surface area contributed by atoms with Crippen molar-refractivity contribution in [2.24, 2.45) is 23.3 Å². The number of primary amides is 1. The van der Waals surface area contributed by atoms with Gasteiger partial charge in [-0.1, -0.05) is 27.7 Å². The largest absolute Gasteiger partial charge is 0.480 e. The summed E-state index contributed by atoms with van der Waals surface area (Å²) in [5.74, 6) is -3.38. The molecular weight excluding hydrogens is 418 g/mol. The first-order valence-electron chi connectivity index (χ1n) is 11.0. The molecule has 1 heterocycles. The number of hydrogen-bond acceptors (Lipinski definition) is 6. The van der Waals surface area contributed by atoms with Crippen molar-refractivity contribution in [3.05, 3.63) is 0 Å². The minimum atomic E-state index is -1.18. The highest BCUT2D eigenvalue weighted by atomic mass is 16.4. The first-order valence-corrected chi connectivity index (χ1v) is 11.0. The van der Waals surface area contributed by atoms with Crippen LogP contribution in [0.5, 0.6) is 0 Å². The Balaban J connectivity index is 2.95. The molecule has 1 aliphatic rings. The van der Waals surface area contributed by atoms with E-state index in [4.69, 9.17) is 11.5 Å². The van der Waals surface area contributed by atoms with Crippen molar-refractivity contribution >= 4 is 29.6 Å². The van der Waals surface area contributed by atoms with Crippen molar-refractivity contribution in [2.75, 3.05) is 6.54 Å². The number of carboxylic acid groups (broad SMARTS) is 1. The van der Waals surface area contributed by atoms with Crippen LogP contribution in [0.15, 0.2) is 0 Å². The molecule has 0 aromatic heterocycles. The molecule has 4 amide bonds. The molecule has 32 heavy (non-hydrogen) atoms. The predicted octanol–water partition coefficient (Wildman–Crippen LogP) is -0.673. The van der Waals surface area contributed by atoms with Gasteiger partial charge in [-0.25, -0.2) is 4.79 Å². The fourth-order valence-electron chi connectivity index (χ4n) is 3.75. The normalized spacial score (nSPS) is 18.8. The number of amides is 4. The number of carboxylic acids is 1. The third kappa shape index (κ3) is 8.45. The summed E-state index contributed by atoms with van der Waals surface area (Å²) in [5.41, 5.74) is 10.8. The Hall–Kier alpha value is -2.69. The average Bonchev–Trinajstić information content (AvgIpc) is 3.14. The molecule has 0 bridgehead atoms. The molecule has 11 nitrogen and oxygen atoms in total. The minimum Gasteiger partial charge on any atom is -0.480 e. The summed E-state index contributed by atoms with van der Waals surface area (Å²) >= 11 is 0. The molecule has 0 spiro atoms. The van der Waals surface area contributed by atoms with E-state index in [-0.39, 0.29) is 24.7 Å². The molecule has 1 aliphatic heterocycles. The second-order valence-corrected chi connectivity index (χ2v) is 9.19. The summed E-state index contributed by atoms with van der Waals surface area (Å²) in [7, 11) is 0. The minimum absolute atomic E-state index is 0.0499. The van der Waals surface area contributed by atoms with Gasteiger partial charge in [-0.3, -0.25) is 19.2 Å². The van der Waals surface area contributed by atoms with Gasteiger partial charge in [0, 0.05) is 6.54 Å². The van der Waals surface area contributed by atoms with Crippen LogP contribution in [0.4, 0.5) is 0 Å². The Labute approximate surface area is 188 Å². The molecule has 7 N–H and O–H groups in total. The number of likely N-dealkylation sites (tertiary alicyclic amines) is 1. The van der Waals surface area contributed by atoms with Crippen molar-refractivity contribution in [3.8, 4) is 0 Å². The number of aliphatic carboxylic acids is 1. The monoisotopic (exact) mass is 455 g/mol. The maximum absolute atomic E-state index is 13.3. The van der Waals surface area contributed by atoms with Gasteiger partial charge >= 0.3 is 5.97 Å². The standard InChI is InChI=1S/C21H37N5O6/c1-11(2)8-14(24-18(28)13(22)10-17(23)27)20(30)26-7-5-6-16(26)19(29)25-15(21(31)32)9-12(3)4/h11-16H,5-10,22H2,1-4H3,(H2,23,27)(H,24,28)(H,25,29)(H,31,32). The highest BCUT2D eigenvalue weighted by Gasteiger charge is 2.39. The van der Waals surface area contributed by atoms with Crippen LogP contribution in [0.1, 0.15) is 59.8 Å². The van der Waals surface area contributed by atoms with Gasteiger partial charge in [0.1, 0.15) is 18.1 Å². The quantitative estimate of drug-likeness (QED) is 0.258. The van der Waals surface area contributed by atoms with Crippen LogP contribution in [0, 0.1) is 11.8 Å². The Morgan fingerprint density at radius 3 is 2.06 bits per heavy atom. The van der Waals surface area contributed by atoms with Crippen molar-refractivity contribution < 1.29 is 29.1 Å². The van der Waals surface area contributed by atoms with Gasteiger partial charge in [0.2, 0.25) is 23.6 Å². The first-order chi connectivity index (χ1) is 14.8. The molecule has 1 saturated heterocycles. The summed E-state index contributed by atoms with van der Waals surface area (Å²) in [6, 6.07) is -3.97. The topological polar surface area (TPSA) is 185 Å². The average molecular weight is 456 g/mol. The van der Waals surface area contributed by atoms with Crippen LogP contribution < -0.4 is 22.1 Å². The van der Waals surface area contributed by atoms with E-state index in [0.29, 0.717) is 25.8 Å². The number of carbonyl (C=O) groups excluding carboxylic acids is 4. The predicted molar refractivity (Wildman–Crippen MR) is 117 cm³/mol. The zero-order valence-corrected chi connectivity index (χ0v) is 19.3. The Bertz CT molecular complexity index is 711. The molecular formula is C21H37N5O6. The lowest BCUT2D eigenvalue weighted by Gasteiger charge is -2.30. The van der Waals surface area contributed by atoms with Crippen LogP contribution in [0.2, 0.25) is 0 Å². The number of nitrogens with one attached hydrogen (secondary N) is 2. The fourth-order valence-corrected chi connectivity index (χ4v) is 3.75. The lowest BCUT2D eigenvalue weighted by Crippen LogP contribution is -2.57. The van der Waals surface area contributed by atoms with Crippen molar-refractivity contribution in [2.45, 2.75) is 84.0 Å². The number of carbonyl (C=O) groups is 5. The van der Waals surface area contributed by atoms with Gasteiger partial charge in [-0.15, -0.1) is 0 Å². The van der Waals surface area contributed by atoms with Gasteiger partial charge < -0.3 is 32.1 Å². The number of nitrogens with two attached hydrogens (primary N) is 2. The van der Waals surface area contributed by atoms with Crippen LogP contribution in [0.25, 0.3) is 0 Å². The van der Waals surface area contributed by atoms with Crippen LogP contribution in [-0.4, -0.2) is 70.3 Å². The molecule has 11 heteroatoms. The van der Waals surface area contributed by atoms with Gasteiger partial charge in [0.05, 0.1) is 12.5 Å². The third-order valence-electron chi connectivity index (χ3n) is 5.24. The van der Waals surface area contributed by atoms with E-state index in [1.54, 1.807) is 0 Å². The fraction of sp³-hybridized carbons (Fsp3) is 0.762. The molecule has 0 saturated carbocycles. The van der Waals surface area contributed by atoms with E-state index in [0.717, 1.165) is 0 Å². The molecule has 0 aromatic carbocycles. The van der Waals surface area contributed by atoms with E-state index in [1.165, 1.54) is 4.90 Å². The maximum atomic E-state index is 13.3. The molecule has 0 aliphatic carbocycles. The SMILES string of the molecule is CC(C)CC(NC(=O)C1CCCN1C(=O)C(CC(C)C)NC(=O)C(N)CC(N)=O)C(=O)O. The molecule has 182 valence electrons. The molecule has 4 atom stereocenters. The van der Waals surface area contributed by atoms with E-state index in [2.05, 4.69) is 10.6 Å². The zero-order valence-electron chi connectivity index (χ0n) is 19.3. The summed E-state index contributed by atoms with van der Waals surface area (Å²) in [4.78, 5) is 62.4. The van der Waals surface area contributed by atoms with E-state index in [1.807, 2.05) is 27.7 Å². The summed E-state index contributed by atoms with van der Waals surface area (Å²) < 4.78 is 0. The highest BCUT2D eigenvalue weighted by molar-refractivity contribution is 5.95. The van der Waals surface area contributed by atoms with Crippen molar-refractivity contribution in [1.29, 1.82) is 0 Å². The summed E-state index contributed by atoms with van der Waals surface area (Å²) in [5, 5.41) is 14.5. The Morgan fingerprint density at radius 1 is 1.00 bits per heavy atom. The second-order valence-electron chi connectivity index (χ2n) is 9.19. The van der Waals surface area contributed by atoms with Gasteiger partial charge in [0.15, 0.2) is 0 Å². The molecule has 0 aromatic rings. The molecule has 1 fully saturated rings. The van der Waals surface area contributed by atoms with Gasteiger partial charge in [-0.2, -0.15) is 0 Å². The van der Waals surface area contributed by atoms with Crippen LogP contribution in [0.3, 0.4) is 0 Å². The molecule has 0 radical (unpaired) electrons. The Kier molecular flexibility index (Phi) is 10.6. The second kappa shape index (κ2) is 12.4. The van der Waals surface area contributed by atoms with Crippen molar-refractivity contribution in [3.63, 3.8) is 0 Å². The lowest BCUT2D eigenvalue weighted by atomic mass is 10.0. The zero-order chi connectivity index (χ0) is 24.6. The van der Waals surface area contributed by atoms with E-state index in [9.17, 15) is 29.1 Å². The Morgan fingerprint density at radius 2 is 1.56 bits per heavy atom. The first kappa shape index (κ1) is 27.3. The molecule has 4 unspecified atom stereocenters. The summed E-state index contributed by atoms with van der Waals surface area (Å²) in [6.07, 6.45) is 1.20. The van der Waals surface area contributed by atoms with Gasteiger partial charge in [0.25, 0.3) is 0 Å². The number of nitrogens with zero attached hydrogens (tertiary/aromatic N) is 1. The molecule has 1 rings (SSSR count). The highest BCUT2D eigenvalue weighted by Crippen LogP contribution is 2.21. The van der Waals surface area contributed by atoms with Gasteiger partial charge in [-0.05, 0) is 37.5 Å². The smallest absolute Gasteiger partial charge is 0.326 e. The van der Waals surface area contributed by atoms with E-state index >= 15 is 0 Å². The van der Waals surface area contributed by atoms with E-state index < -0.39 is 53.8 Å². The van der Waals surface area contributed by atoms with Crippen LogP contribution in [-0.2, 0) is 24.0 Å². The summed E-state index contributed by atoms with van der Waals surface area (Å²) in [6.45, 7) is 7.79.